The van der Waals surface area contributed by atoms with Crippen LogP contribution in [-0.2, 0) is 14.3 Å². The lowest BCUT2D eigenvalue weighted by Crippen LogP contribution is -2.34. The van der Waals surface area contributed by atoms with Gasteiger partial charge in [-0.1, -0.05) is 37.0 Å². The Kier molecular flexibility index (Phi) is 8.57. The minimum Gasteiger partial charge on any atom is -0.454 e. The molecule has 0 heterocycles. The second-order valence-corrected chi connectivity index (χ2v) is 6.34. The number of hydrogen-bond donors (Lipinski definition) is 2. The van der Waals surface area contributed by atoms with E-state index in [1.54, 1.807) is 0 Å². The molecule has 2 amide bonds. The van der Waals surface area contributed by atoms with E-state index in [-0.39, 0.29) is 29.6 Å². The Balaban J connectivity index is 2.30. The van der Waals surface area contributed by atoms with Crippen molar-refractivity contribution >= 4 is 41.0 Å². The lowest BCUT2D eigenvalue weighted by atomic mass is 10.1. The van der Waals surface area contributed by atoms with Crippen molar-refractivity contribution in [2.45, 2.75) is 20.3 Å². The molecule has 8 heteroatoms. The first kappa shape index (κ1) is 20.3. The number of esters is 1. The zero-order chi connectivity index (χ0) is 18.1. The van der Waals surface area contributed by atoms with Crippen LogP contribution >= 0.6 is 23.2 Å². The standard InChI is InChI=1S/C16H20Cl2N2O4/c1-10(2)5-6-19-14(21)9-24-15(22)8-20-16(23)12-4-3-11(17)7-13(12)18/h3-4,7,10H,5-6,8-9H2,1-2H3,(H,19,21)(H,20,23). The molecule has 0 aliphatic carbocycles. The zero-order valence-corrected chi connectivity index (χ0v) is 15.0. The van der Waals surface area contributed by atoms with Crippen LogP contribution in [0.25, 0.3) is 0 Å². The van der Waals surface area contributed by atoms with Crippen molar-refractivity contribution in [1.29, 1.82) is 0 Å². The molecular weight excluding hydrogens is 355 g/mol. The summed E-state index contributed by atoms with van der Waals surface area (Å²) < 4.78 is 4.78. The summed E-state index contributed by atoms with van der Waals surface area (Å²) in [5.74, 6) is -1.15. The highest BCUT2D eigenvalue weighted by atomic mass is 35.5. The third kappa shape index (κ3) is 7.66. The van der Waals surface area contributed by atoms with Crippen LogP contribution in [-0.4, -0.2) is 37.5 Å². The average Bonchev–Trinajstić information content (AvgIpc) is 2.50. The number of benzene rings is 1. The number of ether oxygens (including phenoxy) is 1. The minimum absolute atomic E-state index is 0.179. The monoisotopic (exact) mass is 374 g/mol. The molecule has 132 valence electrons. The second-order valence-electron chi connectivity index (χ2n) is 5.50. The molecule has 0 atom stereocenters. The number of carbonyl (C=O) groups excluding carboxylic acids is 3. The molecule has 6 nitrogen and oxygen atoms in total. The van der Waals surface area contributed by atoms with Crippen molar-refractivity contribution in [2.24, 2.45) is 5.92 Å². The molecular formula is C16H20Cl2N2O4. The lowest BCUT2D eigenvalue weighted by Gasteiger charge is -2.09. The van der Waals surface area contributed by atoms with Gasteiger partial charge in [0.1, 0.15) is 6.54 Å². The van der Waals surface area contributed by atoms with Crippen molar-refractivity contribution in [1.82, 2.24) is 10.6 Å². The number of carbonyl (C=O) groups is 3. The average molecular weight is 375 g/mol. The molecule has 0 unspecified atom stereocenters. The van der Waals surface area contributed by atoms with E-state index in [1.165, 1.54) is 18.2 Å². The first-order valence-electron chi connectivity index (χ1n) is 7.45. The normalized spacial score (nSPS) is 10.4. The summed E-state index contributed by atoms with van der Waals surface area (Å²) in [6, 6.07) is 4.40. The fourth-order valence-corrected chi connectivity index (χ4v) is 2.16. The molecule has 0 aliphatic rings. The summed E-state index contributed by atoms with van der Waals surface area (Å²) in [6.07, 6.45) is 0.845. The van der Waals surface area contributed by atoms with Crippen molar-refractivity contribution < 1.29 is 19.1 Å². The van der Waals surface area contributed by atoms with E-state index in [4.69, 9.17) is 27.9 Å². The van der Waals surface area contributed by atoms with Crippen LogP contribution in [0.5, 0.6) is 0 Å². The van der Waals surface area contributed by atoms with E-state index >= 15 is 0 Å². The fraction of sp³-hybridized carbons (Fsp3) is 0.438. The summed E-state index contributed by atoms with van der Waals surface area (Å²) >= 11 is 11.6. The second kappa shape index (κ2) is 10.2. The molecule has 0 spiro atoms. The van der Waals surface area contributed by atoms with Gasteiger partial charge in [0.2, 0.25) is 0 Å². The van der Waals surface area contributed by atoms with Crippen LogP contribution in [0.2, 0.25) is 10.0 Å². The largest absolute Gasteiger partial charge is 0.454 e. The van der Waals surface area contributed by atoms with Crippen molar-refractivity contribution in [3.05, 3.63) is 33.8 Å². The van der Waals surface area contributed by atoms with Crippen LogP contribution < -0.4 is 10.6 Å². The van der Waals surface area contributed by atoms with Crippen molar-refractivity contribution in [2.75, 3.05) is 19.7 Å². The number of halogens is 2. The van der Waals surface area contributed by atoms with Crippen LogP contribution in [0.1, 0.15) is 30.6 Å². The Hall–Kier alpha value is -1.79. The van der Waals surface area contributed by atoms with Crippen molar-refractivity contribution in [3.63, 3.8) is 0 Å². The van der Waals surface area contributed by atoms with Gasteiger partial charge in [-0.15, -0.1) is 0 Å². The maximum atomic E-state index is 11.9. The molecule has 2 N–H and O–H groups in total. The fourth-order valence-electron chi connectivity index (χ4n) is 1.67. The maximum Gasteiger partial charge on any atom is 0.325 e. The summed E-state index contributed by atoms with van der Waals surface area (Å²) in [5, 5.41) is 5.59. The quantitative estimate of drug-likeness (QED) is 0.684. The van der Waals surface area contributed by atoms with Gasteiger partial charge < -0.3 is 15.4 Å². The van der Waals surface area contributed by atoms with Crippen LogP contribution in [0.4, 0.5) is 0 Å². The van der Waals surface area contributed by atoms with Gasteiger partial charge in [0, 0.05) is 11.6 Å². The van der Waals surface area contributed by atoms with Gasteiger partial charge in [-0.2, -0.15) is 0 Å². The van der Waals surface area contributed by atoms with Crippen molar-refractivity contribution in [3.8, 4) is 0 Å². The molecule has 0 aromatic heterocycles. The first-order valence-corrected chi connectivity index (χ1v) is 8.20. The van der Waals surface area contributed by atoms with Gasteiger partial charge in [-0.3, -0.25) is 14.4 Å². The Morgan fingerprint density at radius 3 is 2.50 bits per heavy atom. The van der Waals surface area contributed by atoms with Gasteiger partial charge in [0.15, 0.2) is 6.61 Å². The third-order valence-corrected chi connectivity index (χ3v) is 3.52. The van der Waals surface area contributed by atoms with E-state index in [9.17, 15) is 14.4 Å². The van der Waals surface area contributed by atoms with E-state index in [0.717, 1.165) is 6.42 Å². The van der Waals surface area contributed by atoms with Crippen LogP contribution in [0.15, 0.2) is 18.2 Å². The Morgan fingerprint density at radius 1 is 1.17 bits per heavy atom. The molecule has 1 aromatic carbocycles. The molecule has 0 saturated heterocycles. The Bertz CT molecular complexity index is 606. The highest BCUT2D eigenvalue weighted by Gasteiger charge is 2.13. The summed E-state index contributed by atoms with van der Waals surface area (Å²) in [7, 11) is 0. The molecule has 1 aromatic rings. The maximum absolute atomic E-state index is 11.9. The predicted octanol–water partition coefficient (Wildman–Crippen LogP) is 2.43. The van der Waals surface area contributed by atoms with Gasteiger partial charge in [0.05, 0.1) is 10.6 Å². The molecule has 0 saturated carbocycles. The van der Waals surface area contributed by atoms with Gasteiger partial charge in [0.25, 0.3) is 11.8 Å². The highest BCUT2D eigenvalue weighted by Crippen LogP contribution is 2.20. The Morgan fingerprint density at radius 2 is 1.88 bits per heavy atom. The number of amides is 2. The number of hydrogen-bond acceptors (Lipinski definition) is 4. The van der Waals surface area contributed by atoms with E-state index in [1.807, 2.05) is 13.8 Å². The van der Waals surface area contributed by atoms with Gasteiger partial charge in [-0.05, 0) is 30.5 Å². The Labute approximate surface area is 150 Å². The van der Waals surface area contributed by atoms with Crippen LogP contribution in [0.3, 0.4) is 0 Å². The SMILES string of the molecule is CC(C)CCNC(=O)COC(=O)CNC(=O)c1ccc(Cl)cc1Cl. The topological polar surface area (TPSA) is 84.5 Å². The summed E-state index contributed by atoms with van der Waals surface area (Å²) in [6.45, 7) is 3.87. The minimum atomic E-state index is -0.715. The number of rotatable bonds is 8. The molecule has 1 rings (SSSR count). The summed E-state index contributed by atoms with van der Waals surface area (Å²) in [4.78, 5) is 34.9. The summed E-state index contributed by atoms with van der Waals surface area (Å²) in [5.41, 5.74) is 0.195. The highest BCUT2D eigenvalue weighted by molar-refractivity contribution is 6.36. The van der Waals surface area contributed by atoms with Crippen LogP contribution in [0, 0.1) is 5.92 Å². The smallest absolute Gasteiger partial charge is 0.325 e. The molecule has 24 heavy (non-hydrogen) atoms. The molecule has 0 aliphatic heterocycles. The van der Waals surface area contributed by atoms with E-state index in [0.29, 0.717) is 17.5 Å². The lowest BCUT2D eigenvalue weighted by molar-refractivity contribution is -0.147. The van der Waals surface area contributed by atoms with E-state index in [2.05, 4.69) is 10.6 Å². The zero-order valence-electron chi connectivity index (χ0n) is 13.5. The molecule has 0 radical (unpaired) electrons. The molecule has 0 bridgehead atoms. The predicted molar refractivity (Wildman–Crippen MR) is 92.2 cm³/mol. The first-order chi connectivity index (χ1) is 11.3. The molecule has 0 fully saturated rings. The van der Waals surface area contributed by atoms with Gasteiger partial charge >= 0.3 is 5.97 Å². The van der Waals surface area contributed by atoms with E-state index < -0.39 is 11.9 Å². The van der Waals surface area contributed by atoms with Gasteiger partial charge in [-0.25, -0.2) is 0 Å². The third-order valence-electron chi connectivity index (χ3n) is 2.98. The number of nitrogens with one attached hydrogen (secondary N) is 2.